The molecule has 1 fully saturated rings. The second-order valence-electron chi connectivity index (χ2n) is 9.93. The van der Waals surface area contributed by atoms with Crippen molar-refractivity contribution >= 4 is 59.3 Å². The molecule has 22 heteroatoms. The van der Waals surface area contributed by atoms with Gasteiger partial charge in [0.15, 0.2) is 0 Å². The van der Waals surface area contributed by atoms with E-state index in [1.165, 1.54) is 25.9 Å². The van der Waals surface area contributed by atoms with Gasteiger partial charge in [-0.3, -0.25) is 52.8 Å². The first-order chi connectivity index (χ1) is 23.3. The summed E-state index contributed by atoms with van der Waals surface area (Å²) in [5.41, 5.74) is 9.67. The van der Waals surface area contributed by atoms with Gasteiger partial charge in [-0.05, 0) is 0 Å². The van der Waals surface area contributed by atoms with Gasteiger partial charge in [0, 0.05) is 45.2 Å². The van der Waals surface area contributed by atoms with Crippen LogP contribution in [0.5, 0.6) is 0 Å². The van der Waals surface area contributed by atoms with Crippen molar-refractivity contribution in [1.82, 2.24) is 10.2 Å². The molecule has 0 saturated carbocycles. The van der Waals surface area contributed by atoms with Crippen LogP contribution in [-0.4, -0.2) is 127 Å². The molecule has 1 rings (SSSR count). The van der Waals surface area contributed by atoms with Gasteiger partial charge in [0.2, 0.25) is 17.7 Å². The molecular formula is C31H59N4NaO17. The standard InChI is InChI=1S/C7H12O3.C6H11NO3.C6H9NO2.2C4H7NO4.2C2H6.Na.H2O/c1-3-6(8)4-5(2)7(9)10;1-4(3-5(8)9)6(10)7-2;1-4-3-5(8)7(2)6(4)9;2*5-2(4(8)9)1-3(6)7;2*1-2;;/h5H,3-4H2,1-2H3,(H,9,10);4H,3H2,1-2H3,(H,7,10)(H,8,9);4H,3H2,1-2H3;2*2H,1,5H2,(H,6,7)(H,8,9);2*1-2H3;;1H2/q;;;;;;;+1;/p-1. The molecule has 0 aromatic heterocycles. The summed E-state index contributed by atoms with van der Waals surface area (Å²) in [5, 5.41) is 51.1. The normalized spacial score (nSPS) is 13.9. The van der Waals surface area contributed by atoms with Crippen LogP contribution in [0.15, 0.2) is 0 Å². The van der Waals surface area contributed by atoms with Crippen LogP contribution < -0.4 is 46.3 Å². The van der Waals surface area contributed by atoms with E-state index in [9.17, 15) is 47.9 Å². The van der Waals surface area contributed by atoms with E-state index in [-0.39, 0.29) is 77.3 Å². The molecule has 0 bridgehead atoms. The smallest absolute Gasteiger partial charge is 0.870 e. The van der Waals surface area contributed by atoms with Crippen LogP contribution in [0.4, 0.5) is 0 Å². The molecule has 12 N–H and O–H groups in total. The van der Waals surface area contributed by atoms with Gasteiger partial charge in [-0.1, -0.05) is 55.4 Å². The number of carbonyl (C=O) groups excluding carboxylic acids is 4. The molecule has 53 heavy (non-hydrogen) atoms. The molecule has 0 spiro atoms. The molecular weight excluding hydrogens is 723 g/mol. The number of nitrogens with zero attached hydrogens (tertiary/aromatic N) is 1. The summed E-state index contributed by atoms with van der Waals surface area (Å²) in [5.74, 6) is -8.26. The fourth-order valence-electron chi connectivity index (χ4n) is 2.66. The fraction of sp³-hybridized carbons (Fsp3) is 0.677. The molecule has 1 aliphatic heterocycles. The Morgan fingerprint density at radius 2 is 1.06 bits per heavy atom. The average molecular weight is 783 g/mol. The zero-order chi connectivity index (χ0) is 42.2. The number of hydrogen-bond donors (Lipinski definition) is 9. The summed E-state index contributed by atoms with van der Waals surface area (Å²) in [6.45, 7) is 14.6. The van der Waals surface area contributed by atoms with Gasteiger partial charge in [-0.15, -0.1) is 0 Å². The van der Waals surface area contributed by atoms with Gasteiger partial charge in [-0.25, -0.2) is 0 Å². The number of Topliss-reactive ketones (excluding diaryl/α,β-unsaturated/α-hetero) is 1. The quantitative estimate of drug-likeness (QED) is 0.0692. The monoisotopic (exact) mass is 782 g/mol. The number of carbonyl (C=O) groups is 10. The van der Waals surface area contributed by atoms with Crippen molar-refractivity contribution in [1.29, 1.82) is 0 Å². The molecule has 0 aromatic carbocycles. The predicted octanol–water partition coefficient (Wildman–Crippen LogP) is -2.44. The number of aliphatic carboxylic acids is 6. The number of nitrogens with two attached hydrogens (primary N) is 2. The van der Waals surface area contributed by atoms with Crippen LogP contribution in [0.3, 0.4) is 0 Å². The first-order valence-electron chi connectivity index (χ1n) is 15.7. The summed E-state index contributed by atoms with van der Waals surface area (Å²) in [4.78, 5) is 104. The van der Waals surface area contributed by atoms with Crippen LogP contribution in [-0.2, 0) is 47.9 Å². The second-order valence-corrected chi connectivity index (χ2v) is 9.93. The van der Waals surface area contributed by atoms with Gasteiger partial charge in [0.25, 0.3) is 0 Å². The van der Waals surface area contributed by atoms with Crippen LogP contribution in [0.2, 0.25) is 0 Å². The van der Waals surface area contributed by atoms with E-state index in [0.29, 0.717) is 12.8 Å². The van der Waals surface area contributed by atoms with Crippen molar-refractivity contribution in [2.45, 2.75) is 106 Å². The molecule has 5 unspecified atom stereocenters. The third kappa shape index (κ3) is 44.1. The molecule has 21 nitrogen and oxygen atoms in total. The molecule has 1 aliphatic rings. The zero-order valence-corrected chi connectivity index (χ0v) is 34.4. The topological polar surface area (TPSA) is 389 Å². The molecule has 3 amide bonds. The number of carboxylic acid groups (broad SMARTS) is 6. The van der Waals surface area contributed by atoms with E-state index in [0.717, 1.165) is 0 Å². The minimum atomic E-state index is -1.29. The molecule has 0 radical (unpaired) electrons. The van der Waals surface area contributed by atoms with Crippen LogP contribution in [0, 0.1) is 17.8 Å². The van der Waals surface area contributed by atoms with Crippen molar-refractivity contribution < 1.29 is 114 Å². The Morgan fingerprint density at radius 3 is 1.21 bits per heavy atom. The largest absolute Gasteiger partial charge is 1.00 e. The Morgan fingerprint density at radius 1 is 0.717 bits per heavy atom. The number of imide groups is 1. The molecule has 306 valence electrons. The Kier molecular flexibility index (Phi) is 51.6. The summed E-state index contributed by atoms with van der Waals surface area (Å²) in [6.07, 6.45) is -0.205. The maximum Gasteiger partial charge on any atom is 1.00 e. The number of likely N-dealkylation sites (tertiary alicyclic amines) is 1. The Bertz CT molecular complexity index is 1090. The molecule has 0 aliphatic carbocycles. The van der Waals surface area contributed by atoms with Crippen molar-refractivity contribution in [3.63, 3.8) is 0 Å². The Hall–Kier alpha value is -4.02. The van der Waals surface area contributed by atoms with E-state index in [1.54, 1.807) is 20.8 Å². The number of ketones is 1. The van der Waals surface area contributed by atoms with Crippen molar-refractivity contribution in [2.75, 3.05) is 14.1 Å². The third-order valence-corrected chi connectivity index (χ3v) is 5.56. The number of amides is 3. The number of nitrogens with one attached hydrogen (secondary N) is 1. The van der Waals surface area contributed by atoms with Gasteiger partial charge in [-0.2, -0.15) is 0 Å². The van der Waals surface area contributed by atoms with Gasteiger partial charge >= 0.3 is 65.4 Å². The minimum absolute atomic E-state index is 0. The van der Waals surface area contributed by atoms with E-state index in [1.807, 2.05) is 27.7 Å². The maximum atomic E-state index is 10.8. The SMILES string of the molecule is CC.CC.CC1CC(=O)N(C)C1=O.CCC(=O)CC(C)C(=O)O.CNC(=O)C(C)CC(=O)O.NC(CC(=O)O)C(=O)O.NC(CC(=O)O)C(=O)O.[Na+].[OH-]. The van der Waals surface area contributed by atoms with E-state index < -0.39 is 72.6 Å². The first-order valence-corrected chi connectivity index (χ1v) is 15.7. The van der Waals surface area contributed by atoms with Crippen molar-refractivity contribution in [2.24, 2.45) is 29.2 Å². The molecule has 0 aromatic rings. The van der Waals surface area contributed by atoms with Gasteiger partial charge in [0.05, 0.1) is 25.2 Å². The van der Waals surface area contributed by atoms with Crippen molar-refractivity contribution in [3.05, 3.63) is 0 Å². The van der Waals surface area contributed by atoms with Crippen molar-refractivity contribution in [3.8, 4) is 0 Å². The summed E-state index contributed by atoms with van der Waals surface area (Å²) in [6, 6.07) is -2.58. The predicted molar refractivity (Wildman–Crippen MR) is 184 cm³/mol. The van der Waals surface area contributed by atoms with E-state index in [2.05, 4.69) is 5.32 Å². The second kappa shape index (κ2) is 40.7. The maximum absolute atomic E-state index is 10.8. The van der Waals surface area contributed by atoms with Crippen LogP contribution in [0.1, 0.15) is 93.9 Å². The zero-order valence-electron chi connectivity index (χ0n) is 32.4. The summed E-state index contributed by atoms with van der Waals surface area (Å²) < 4.78 is 0. The third-order valence-electron chi connectivity index (χ3n) is 5.56. The van der Waals surface area contributed by atoms with Gasteiger partial charge < -0.3 is 52.9 Å². The number of rotatable bonds is 13. The molecule has 5 atom stereocenters. The molecule has 1 saturated heterocycles. The first kappa shape index (κ1) is 67.1. The van der Waals surface area contributed by atoms with Crippen LogP contribution >= 0.6 is 0 Å². The summed E-state index contributed by atoms with van der Waals surface area (Å²) in [7, 11) is 3.01. The van der Waals surface area contributed by atoms with Gasteiger partial charge in [0.1, 0.15) is 17.9 Å². The minimum Gasteiger partial charge on any atom is -0.870 e. The number of hydrogen-bond acceptors (Lipinski definition) is 13. The van der Waals surface area contributed by atoms with E-state index in [4.69, 9.17) is 42.1 Å². The molecule has 1 heterocycles. The Balaban J connectivity index is -0.0000000770. The number of carboxylic acids is 6. The van der Waals surface area contributed by atoms with Crippen LogP contribution in [0.25, 0.3) is 0 Å². The van der Waals surface area contributed by atoms with E-state index >= 15 is 0 Å². The average Bonchev–Trinajstić information content (AvgIpc) is 3.27. The summed E-state index contributed by atoms with van der Waals surface area (Å²) >= 11 is 0. The Labute approximate surface area is 331 Å². The fourth-order valence-corrected chi connectivity index (χ4v) is 2.66.